The molecular formula is C13H10ClN3. The molecule has 17 heavy (non-hydrogen) atoms. The minimum atomic E-state index is 0.505. The van der Waals surface area contributed by atoms with Gasteiger partial charge < -0.3 is 0 Å². The first-order valence-corrected chi connectivity index (χ1v) is 5.69. The average molecular weight is 244 g/mol. The summed E-state index contributed by atoms with van der Waals surface area (Å²) < 4.78 is 1.97. The van der Waals surface area contributed by atoms with Crippen molar-refractivity contribution in [2.24, 2.45) is 0 Å². The molecule has 3 nitrogen and oxygen atoms in total. The molecule has 84 valence electrons. The maximum Gasteiger partial charge on any atom is 0.165 e. The molecule has 0 saturated carbocycles. The molecule has 0 saturated heterocycles. The van der Waals surface area contributed by atoms with Crippen LogP contribution in [0.25, 0.3) is 17.0 Å². The van der Waals surface area contributed by atoms with E-state index in [2.05, 4.69) is 9.97 Å². The number of fused-ring (bicyclic) bond motifs is 1. The number of nitrogens with zero attached hydrogens (tertiary/aromatic N) is 3. The van der Waals surface area contributed by atoms with E-state index >= 15 is 0 Å². The highest BCUT2D eigenvalue weighted by atomic mass is 35.5. The fourth-order valence-corrected chi connectivity index (χ4v) is 2.06. The largest absolute Gasteiger partial charge is 0.297 e. The zero-order valence-corrected chi connectivity index (χ0v) is 10.0. The Morgan fingerprint density at radius 3 is 2.82 bits per heavy atom. The highest BCUT2D eigenvalue weighted by Gasteiger charge is 2.11. The fraction of sp³-hybridized carbons (Fsp3) is 0.0769. The van der Waals surface area contributed by atoms with Crippen LogP contribution in [0.1, 0.15) is 5.56 Å². The van der Waals surface area contributed by atoms with E-state index in [9.17, 15) is 0 Å². The van der Waals surface area contributed by atoms with Crippen molar-refractivity contribution in [3.63, 3.8) is 0 Å². The number of halogens is 1. The van der Waals surface area contributed by atoms with Crippen molar-refractivity contribution in [3.05, 3.63) is 53.4 Å². The van der Waals surface area contributed by atoms with Crippen LogP contribution in [0, 0.1) is 6.92 Å². The number of imidazole rings is 1. The van der Waals surface area contributed by atoms with Crippen LogP contribution in [-0.4, -0.2) is 14.4 Å². The van der Waals surface area contributed by atoms with Gasteiger partial charge >= 0.3 is 0 Å². The summed E-state index contributed by atoms with van der Waals surface area (Å²) in [5, 5.41) is 0.505. The van der Waals surface area contributed by atoms with Crippen LogP contribution >= 0.6 is 11.6 Å². The molecule has 0 radical (unpaired) electrons. The summed E-state index contributed by atoms with van der Waals surface area (Å²) in [6.07, 6.45) is 3.76. The van der Waals surface area contributed by atoms with E-state index in [1.54, 1.807) is 6.20 Å². The van der Waals surface area contributed by atoms with E-state index in [1.165, 1.54) is 0 Å². The van der Waals surface area contributed by atoms with Gasteiger partial charge in [-0.2, -0.15) is 0 Å². The van der Waals surface area contributed by atoms with Gasteiger partial charge in [0.2, 0.25) is 0 Å². The minimum absolute atomic E-state index is 0.505. The topological polar surface area (TPSA) is 30.2 Å². The van der Waals surface area contributed by atoms with Crippen LogP contribution in [0.3, 0.4) is 0 Å². The van der Waals surface area contributed by atoms with E-state index < -0.39 is 0 Å². The number of aromatic nitrogens is 3. The Bertz CT molecular complexity index is 674. The van der Waals surface area contributed by atoms with Crippen molar-refractivity contribution in [2.45, 2.75) is 6.92 Å². The third-order valence-electron chi connectivity index (χ3n) is 2.63. The summed E-state index contributed by atoms with van der Waals surface area (Å²) in [4.78, 5) is 8.67. The molecule has 0 spiro atoms. The SMILES string of the molecule is Cc1ccc2c(Cl)nc(-c3ccccn3)n2c1. The molecule has 0 aliphatic heterocycles. The zero-order chi connectivity index (χ0) is 11.8. The van der Waals surface area contributed by atoms with Crippen molar-refractivity contribution >= 4 is 17.1 Å². The standard InChI is InChI=1S/C13H10ClN3/c1-9-5-6-11-12(14)16-13(17(11)8-9)10-4-2-3-7-15-10/h2-8H,1H3. The highest BCUT2D eigenvalue weighted by Crippen LogP contribution is 2.24. The summed E-state index contributed by atoms with van der Waals surface area (Å²) in [5.74, 6) is 0.773. The Morgan fingerprint density at radius 2 is 2.06 bits per heavy atom. The Balaban J connectivity index is 2.34. The third kappa shape index (κ3) is 1.68. The lowest BCUT2D eigenvalue weighted by Crippen LogP contribution is -1.91. The molecule has 0 aromatic carbocycles. The summed E-state index contributed by atoms with van der Waals surface area (Å²) in [5.41, 5.74) is 2.88. The van der Waals surface area contributed by atoms with Gasteiger partial charge in [0.1, 0.15) is 5.69 Å². The third-order valence-corrected chi connectivity index (χ3v) is 2.91. The van der Waals surface area contributed by atoms with Crippen LogP contribution < -0.4 is 0 Å². The molecule has 3 aromatic heterocycles. The normalized spacial score (nSPS) is 10.9. The Kier molecular flexibility index (Phi) is 2.34. The fourth-order valence-electron chi connectivity index (χ4n) is 1.83. The Hall–Kier alpha value is -1.87. The van der Waals surface area contributed by atoms with Crippen LogP contribution in [0.5, 0.6) is 0 Å². The number of hydrogen-bond acceptors (Lipinski definition) is 2. The van der Waals surface area contributed by atoms with Gasteiger partial charge in [0.05, 0.1) is 5.52 Å². The second-order valence-corrected chi connectivity index (χ2v) is 4.26. The molecule has 0 aliphatic carbocycles. The molecule has 0 atom stereocenters. The maximum atomic E-state index is 6.12. The Morgan fingerprint density at radius 1 is 1.18 bits per heavy atom. The molecule has 0 N–H and O–H groups in total. The lowest BCUT2D eigenvalue weighted by Gasteiger charge is -2.01. The number of pyridine rings is 2. The van der Waals surface area contributed by atoms with Crippen molar-refractivity contribution in [2.75, 3.05) is 0 Å². The van der Waals surface area contributed by atoms with Gasteiger partial charge in [0.15, 0.2) is 11.0 Å². The second kappa shape index (κ2) is 3.86. The summed E-state index contributed by atoms with van der Waals surface area (Å²) in [6.45, 7) is 2.04. The molecule has 0 aliphatic rings. The first-order chi connectivity index (χ1) is 8.25. The van der Waals surface area contributed by atoms with Crippen molar-refractivity contribution in [3.8, 4) is 11.5 Å². The minimum Gasteiger partial charge on any atom is -0.297 e. The smallest absolute Gasteiger partial charge is 0.165 e. The molecule has 4 heteroatoms. The average Bonchev–Trinajstić information content (AvgIpc) is 2.67. The maximum absolute atomic E-state index is 6.12. The lowest BCUT2D eigenvalue weighted by atomic mass is 10.3. The van der Waals surface area contributed by atoms with Gasteiger partial charge in [0.25, 0.3) is 0 Å². The Labute approximate surface area is 104 Å². The van der Waals surface area contributed by atoms with Gasteiger partial charge in [-0.05, 0) is 30.7 Å². The van der Waals surface area contributed by atoms with E-state index in [4.69, 9.17) is 11.6 Å². The number of hydrogen-bond donors (Lipinski definition) is 0. The van der Waals surface area contributed by atoms with Crippen molar-refractivity contribution < 1.29 is 0 Å². The molecule has 0 amide bonds. The predicted molar refractivity (Wildman–Crippen MR) is 68.2 cm³/mol. The molecule has 3 aromatic rings. The molecular weight excluding hydrogens is 234 g/mol. The molecule has 0 fully saturated rings. The summed E-state index contributed by atoms with van der Waals surface area (Å²) >= 11 is 6.12. The van der Waals surface area contributed by atoms with Crippen LogP contribution in [-0.2, 0) is 0 Å². The summed E-state index contributed by atoms with van der Waals surface area (Å²) in [6, 6.07) is 9.73. The monoisotopic (exact) mass is 243 g/mol. The molecule has 3 rings (SSSR count). The van der Waals surface area contributed by atoms with Crippen molar-refractivity contribution in [1.82, 2.24) is 14.4 Å². The first-order valence-electron chi connectivity index (χ1n) is 5.31. The van der Waals surface area contributed by atoms with Crippen LogP contribution in [0.4, 0.5) is 0 Å². The van der Waals surface area contributed by atoms with E-state index in [1.807, 2.05) is 47.9 Å². The van der Waals surface area contributed by atoms with Crippen LogP contribution in [0.15, 0.2) is 42.7 Å². The van der Waals surface area contributed by atoms with Crippen molar-refractivity contribution in [1.29, 1.82) is 0 Å². The highest BCUT2D eigenvalue weighted by molar-refractivity contribution is 6.32. The van der Waals surface area contributed by atoms with Gasteiger partial charge in [-0.3, -0.25) is 9.38 Å². The predicted octanol–water partition coefficient (Wildman–Crippen LogP) is 3.36. The number of rotatable bonds is 1. The van der Waals surface area contributed by atoms with Gasteiger partial charge in [-0.25, -0.2) is 4.98 Å². The second-order valence-electron chi connectivity index (χ2n) is 3.90. The molecule has 0 bridgehead atoms. The van der Waals surface area contributed by atoms with Gasteiger partial charge in [-0.1, -0.05) is 23.7 Å². The lowest BCUT2D eigenvalue weighted by molar-refractivity contribution is 1.11. The molecule has 3 heterocycles. The van der Waals surface area contributed by atoms with E-state index in [0.717, 1.165) is 22.6 Å². The van der Waals surface area contributed by atoms with E-state index in [0.29, 0.717) is 5.15 Å². The quantitative estimate of drug-likeness (QED) is 0.656. The number of aryl methyl sites for hydroxylation is 1. The summed E-state index contributed by atoms with van der Waals surface area (Å²) in [7, 11) is 0. The van der Waals surface area contributed by atoms with Crippen LogP contribution in [0.2, 0.25) is 5.15 Å². The van der Waals surface area contributed by atoms with Gasteiger partial charge in [-0.15, -0.1) is 0 Å². The van der Waals surface area contributed by atoms with Gasteiger partial charge in [0, 0.05) is 12.4 Å². The molecule has 0 unspecified atom stereocenters. The zero-order valence-electron chi connectivity index (χ0n) is 9.26. The first kappa shape index (κ1) is 10.3. The van der Waals surface area contributed by atoms with E-state index in [-0.39, 0.29) is 0 Å².